The molecule has 0 bridgehead atoms. The van der Waals surface area contributed by atoms with E-state index in [1.165, 1.54) is 5.56 Å². The third kappa shape index (κ3) is 2.72. The monoisotopic (exact) mass is 245 g/mol. The highest BCUT2D eigenvalue weighted by Crippen LogP contribution is 2.23. The fraction of sp³-hybridized carbons (Fsp3) is 0.533. The molecule has 0 amide bonds. The molecule has 1 aromatic heterocycles. The molecule has 1 aromatic carbocycles. The quantitative estimate of drug-likeness (QED) is 0.869. The zero-order valence-corrected chi connectivity index (χ0v) is 11.7. The first kappa shape index (κ1) is 13.1. The topological polar surface area (TPSA) is 54.7 Å². The maximum absolute atomic E-state index is 5.79. The molecule has 0 unspecified atom stereocenters. The summed E-state index contributed by atoms with van der Waals surface area (Å²) in [4.78, 5) is 7.99. The Balaban J connectivity index is 2.32. The maximum Gasteiger partial charge on any atom is 0.109 e. The lowest BCUT2D eigenvalue weighted by Gasteiger charge is -2.22. The van der Waals surface area contributed by atoms with E-state index in [1.807, 2.05) is 0 Å². The van der Waals surface area contributed by atoms with E-state index in [0.29, 0.717) is 12.5 Å². The van der Waals surface area contributed by atoms with Gasteiger partial charge < -0.3 is 10.7 Å². The minimum Gasteiger partial charge on any atom is -0.342 e. The van der Waals surface area contributed by atoms with Crippen molar-refractivity contribution in [3.63, 3.8) is 0 Å². The number of fused-ring (bicyclic) bond motifs is 1. The summed E-state index contributed by atoms with van der Waals surface area (Å²) < 4.78 is 0. The first-order valence-corrected chi connectivity index (χ1v) is 6.60. The molecule has 0 aliphatic heterocycles. The zero-order chi connectivity index (χ0) is 13.3. The smallest absolute Gasteiger partial charge is 0.109 e. The molecule has 0 aliphatic rings. The molecule has 0 saturated carbocycles. The molecule has 0 radical (unpaired) electrons. The number of benzene rings is 1. The Hall–Kier alpha value is -1.35. The summed E-state index contributed by atoms with van der Waals surface area (Å²) in [5.41, 5.74) is 9.43. The minimum absolute atomic E-state index is 0.147. The van der Waals surface area contributed by atoms with Gasteiger partial charge >= 0.3 is 0 Å². The number of hydrogen-bond donors (Lipinski definition) is 2. The number of nitrogens with one attached hydrogen (secondary N) is 1. The van der Waals surface area contributed by atoms with Crippen LogP contribution in [0.2, 0.25) is 0 Å². The van der Waals surface area contributed by atoms with Gasteiger partial charge in [-0.05, 0) is 36.1 Å². The lowest BCUT2D eigenvalue weighted by atomic mass is 9.86. The van der Waals surface area contributed by atoms with E-state index < -0.39 is 0 Å². The van der Waals surface area contributed by atoms with Gasteiger partial charge in [-0.1, -0.05) is 33.8 Å². The van der Waals surface area contributed by atoms with Crippen LogP contribution in [0.15, 0.2) is 18.2 Å². The molecular formula is C15H23N3. The standard InChI is InChI=1S/C15H23N3/c1-10(2)14-17-12-6-5-11(7-13(12)18-14)8-15(3,4)9-16/h5-7,10H,8-9,16H2,1-4H3,(H,17,18). The highest BCUT2D eigenvalue weighted by atomic mass is 14.9. The van der Waals surface area contributed by atoms with Crippen LogP contribution in [0.4, 0.5) is 0 Å². The number of hydrogen-bond acceptors (Lipinski definition) is 2. The highest BCUT2D eigenvalue weighted by Gasteiger charge is 2.16. The third-order valence-electron chi connectivity index (χ3n) is 3.35. The Morgan fingerprint density at radius 3 is 2.67 bits per heavy atom. The van der Waals surface area contributed by atoms with Crippen LogP contribution in [-0.2, 0) is 6.42 Å². The molecule has 0 saturated heterocycles. The number of imidazole rings is 1. The van der Waals surface area contributed by atoms with Crippen molar-refractivity contribution in [2.24, 2.45) is 11.1 Å². The van der Waals surface area contributed by atoms with Gasteiger partial charge in [0.25, 0.3) is 0 Å². The first-order chi connectivity index (χ1) is 8.41. The Kier molecular flexibility index (Phi) is 3.44. The SMILES string of the molecule is CC(C)c1nc2ccc(CC(C)(C)CN)cc2[nH]1. The number of aromatic nitrogens is 2. The zero-order valence-electron chi connectivity index (χ0n) is 11.7. The first-order valence-electron chi connectivity index (χ1n) is 6.60. The van der Waals surface area contributed by atoms with Crippen molar-refractivity contribution in [1.29, 1.82) is 0 Å². The summed E-state index contributed by atoms with van der Waals surface area (Å²) in [5.74, 6) is 1.49. The molecule has 1 heterocycles. The second kappa shape index (κ2) is 4.73. The normalized spacial score (nSPS) is 12.6. The summed E-state index contributed by atoms with van der Waals surface area (Å²) >= 11 is 0. The van der Waals surface area contributed by atoms with Crippen molar-refractivity contribution in [1.82, 2.24) is 9.97 Å². The second-order valence-corrected chi connectivity index (χ2v) is 6.17. The molecule has 0 fully saturated rings. The molecule has 3 heteroatoms. The Labute approximate surface area is 109 Å². The van der Waals surface area contributed by atoms with Gasteiger partial charge in [-0.15, -0.1) is 0 Å². The predicted molar refractivity (Wildman–Crippen MR) is 76.7 cm³/mol. The van der Waals surface area contributed by atoms with Gasteiger partial charge in [-0.25, -0.2) is 4.98 Å². The summed E-state index contributed by atoms with van der Waals surface area (Å²) in [5, 5.41) is 0. The summed E-state index contributed by atoms with van der Waals surface area (Å²) in [7, 11) is 0. The van der Waals surface area contributed by atoms with Crippen LogP contribution in [0.3, 0.4) is 0 Å². The van der Waals surface area contributed by atoms with Crippen LogP contribution < -0.4 is 5.73 Å². The van der Waals surface area contributed by atoms with Gasteiger partial charge in [0.15, 0.2) is 0 Å². The molecule has 18 heavy (non-hydrogen) atoms. The molecule has 98 valence electrons. The van der Waals surface area contributed by atoms with E-state index in [1.54, 1.807) is 0 Å². The van der Waals surface area contributed by atoms with Crippen LogP contribution in [0.25, 0.3) is 11.0 Å². The van der Waals surface area contributed by atoms with Crippen molar-refractivity contribution >= 4 is 11.0 Å². The van der Waals surface area contributed by atoms with Crippen molar-refractivity contribution in [2.45, 2.75) is 40.0 Å². The van der Waals surface area contributed by atoms with Crippen LogP contribution in [-0.4, -0.2) is 16.5 Å². The average Bonchev–Trinajstić information content (AvgIpc) is 2.71. The minimum atomic E-state index is 0.147. The van der Waals surface area contributed by atoms with Crippen molar-refractivity contribution in [3.8, 4) is 0 Å². The van der Waals surface area contributed by atoms with Gasteiger partial charge in [-0.3, -0.25) is 0 Å². The molecule has 0 spiro atoms. The lowest BCUT2D eigenvalue weighted by molar-refractivity contribution is 0.377. The van der Waals surface area contributed by atoms with Gasteiger partial charge in [-0.2, -0.15) is 0 Å². The van der Waals surface area contributed by atoms with Crippen LogP contribution in [0.1, 0.15) is 45.0 Å². The van der Waals surface area contributed by atoms with E-state index in [0.717, 1.165) is 23.3 Å². The van der Waals surface area contributed by atoms with E-state index in [2.05, 4.69) is 55.9 Å². The molecule has 3 nitrogen and oxygen atoms in total. The fourth-order valence-electron chi connectivity index (χ4n) is 2.08. The van der Waals surface area contributed by atoms with Crippen molar-refractivity contribution in [2.75, 3.05) is 6.54 Å². The molecule has 2 aromatic rings. The third-order valence-corrected chi connectivity index (χ3v) is 3.35. The Morgan fingerprint density at radius 2 is 2.06 bits per heavy atom. The van der Waals surface area contributed by atoms with Crippen molar-refractivity contribution < 1.29 is 0 Å². The van der Waals surface area contributed by atoms with E-state index in [4.69, 9.17) is 5.73 Å². The maximum atomic E-state index is 5.79. The molecule has 2 rings (SSSR count). The van der Waals surface area contributed by atoms with Crippen LogP contribution >= 0.6 is 0 Å². The van der Waals surface area contributed by atoms with E-state index >= 15 is 0 Å². The largest absolute Gasteiger partial charge is 0.342 e. The second-order valence-electron chi connectivity index (χ2n) is 6.17. The summed E-state index contributed by atoms with van der Waals surface area (Å²) in [6, 6.07) is 6.45. The Bertz CT molecular complexity index is 538. The number of rotatable bonds is 4. The number of nitrogens with two attached hydrogens (primary N) is 1. The van der Waals surface area contributed by atoms with E-state index in [9.17, 15) is 0 Å². The number of H-pyrrole nitrogens is 1. The predicted octanol–water partition coefficient (Wildman–Crippen LogP) is 3.21. The van der Waals surface area contributed by atoms with Gasteiger partial charge in [0.05, 0.1) is 11.0 Å². The fourth-order valence-corrected chi connectivity index (χ4v) is 2.08. The average molecular weight is 245 g/mol. The number of aromatic amines is 1. The number of nitrogens with zero attached hydrogens (tertiary/aromatic N) is 1. The summed E-state index contributed by atoms with van der Waals surface area (Å²) in [6.07, 6.45) is 0.996. The van der Waals surface area contributed by atoms with Crippen LogP contribution in [0, 0.1) is 5.41 Å². The molecule has 3 N–H and O–H groups in total. The van der Waals surface area contributed by atoms with Crippen LogP contribution in [0.5, 0.6) is 0 Å². The van der Waals surface area contributed by atoms with Crippen molar-refractivity contribution in [3.05, 3.63) is 29.6 Å². The highest BCUT2D eigenvalue weighted by molar-refractivity contribution is 5.76. The van der Waals surface area contributed by atoms with Gasteiger partial charge in [0, 0.05) is 5.92 Å². The molecule has 0 aliphatic carbocycles. The molecular weight excluding hydrogens is 222 g/mol. The Morgan fingerprint density at radius 1 is 1.33 bits per heavy atom. The summed E-state index contributed by atoms with van der Waals surface area (Å²) in [6.45, 7) is 9.39. The van der Waals surface area contributed by atoms with E-state index in [-0.39, 0.29) is 5.41 Å². The van der Waals surface area contributed by atoms with Gasteiger partial charge in [0.1, 0.15) is 5.82 Å². The lowest BCUT2D eigenvalue weighted by Crippen LogP contribution is -2.25. The molecule has 0 atom stereocenters. The van der Waals surface area contributed by atoms with Gasteiger partial charge in [0.2, 0.25) is 0 Å².